The fourth-order valence-electron chi connectivity index (χ4n) is 11.6. The molecule has 3 unspecified atom stereocenters. The molecule has 0 radical (unpaired) electrons. The number of aliphatic carboxylic acids is 1. The van der Waals surface area contributed by atoms with Gasteiger partial charge < -0.3 is 25.0 Å². The van der Waals surface area contributed by atoms with Gasteiger partial charge in [-0.15, -0.1) is 0 Å². The SMILES string of the molecule is C.C.C.CCO.CCOC(=O)CC(/C=C/CCCCc1ccc2c(n1)N(C(C)=O)CC2)c1cnc(C)nc1.CCOC(=O)CC(CCCCCCc1ccc2c(n1)N(C(C)=O)CC2)c1cnc(C)nc1.Cc1ncc(C(CCCCCCc2ccc3c(n2)NCC3)CC(=O)O)cn1. The number of nitrogens with zero attached hydrogens (tertiary/aromatic N) is 11. The number of hydrogen-bond acceptors (Lipinski definition) is 18. The summed E-state index contributed by atoms with van der Waals surface area (Å²) in [4.78, 5) is 102. The molecule has 0 bridgehead atoms. The van der Waals surface area contributed by atoms with Crippen LogP contribution in [0.1, 0.15) is 245 Å². The summed E-state index contributed by atoms with van der Waals surface area (Å²) in [6.07, 6.45) is 34.7. The van der Waals surface area contributed by atoms with Gasteiger partial charge in [-0.1, -0.05) is 91.2 Å². The molecule has 0 fully saturated rings. The lowest BCUT2D eigenvalue weighted by Gasteiger charge is -2.16. The van der Waals surface area contributed by atoms with Gasteiger partial charge in [0.25, 0.3) is 0 Å². The van der Waals surface area contributed by atoms with Gasteiger partial charge in [-0.25, -0.2) is 44.9 Å². The zero-order valence-electron chi connectivity index (χ0n) is 56.8. The summed E-state index contributed by atoms with van der Waals surface area (Å²) < 4.78 is 10.3. The Kier molecular flexibility index (Phi) is 38.5. The van der Waals surface area contributed by atoms with E-state index in [1.165, 1.54) is 5.56 Å². The van der Waals surface area contributed by atoms with Crippen LogP contribution in [-0.2, 0) is 72.0 Å². The first-order chi connectivity index (χ1) is 45.5. The van der Waals surface area contributed by atoms with E-state index in [0.717, 1.165) is 210 Å². The number of anilines is 3. The van der Waals surface area contributed by atoms with Crippen LogP contribution in [0.2, 0.25) is 0 Å². The van der Waals surface area contributed by atoms with Crippen molar-refractivity contribution in [2.24, 2.45) is 0 Å². The van der Waals surface area contributed by atoms with E-state index in [4.69, 9.17) is 24.5 Å². The Hall–Kier alpha value is -8.46. The predicted molar refractivity (Wildman–Crippen MR) is 385 cm³/mol. The zero-order valence-corrected chi connectivity index (χ0v) is 56.8. The maximum Gasteiger partial charge on any atom is 0.306 e. The van der Waals surface area contributed by atoms with E-state index >= 15 is 0 Å². The molecule has 0 aromatic carbocycles. The second-order valence-corrected chi connectivity index (χ2v) is 24.1. The van der Waals surface area contributed by atoms with Crippen LogP contribution in [0.5, 0.6) is 0 Å². The lowest BCUT2D eigenvalue weighted by molar-refractivity contribution is -0.144. The predicted octanol–water partition coefficient (Wildman–Crippen LogP) is 14.2. The number of amides is 2. The molecule has 6 aromatic rings. The number of hydrogen-bond donors (Lipinski definition) is 3. The zero-order chi connectivity index (χ0) is 67.6. The number of aryl methyl sites for hydroxylation is 6. The van der Waals surface area contributed by atoms with Crippen molar-refractivity contribution in [2.45, 2.75) is 237 Å². The van der Waals surface area contributed by atoms with Crippen LogP contribution in [0.25, 0.3) is 0 Å². The summed E-state index contributed by atoms with van der Waals surface area (Å²) in [5.41, 5.74) is 9.71. The molecule has 9 rings (SSSR count). The minimum atomic E-state index is -0.767. The monoisotopic (exact) mass is 1340 g/mol. The molecule has 6 aromatic heterocycles. The Bertz CT molecular complexity index is 3350. The van der Waals surface area contributed by atoms with Gasteiger partial charge in [-0.05, 0) is 188 Å². The molecule has 0 saturated carbocycles. The van der Waals surface area contributed by atoms with Gasteiger partial charge in [0.1, 0.15) is 34.9 Å². The number of fused-ring (bicyclic) bond motifs is 3. The Morgan fingerprint density at radius 3 is 1.37 bits per heavy atom. The molecule has 97 heavy (non-hydrogen) atoms. The third-order valence-electron chi connectivity index (χ3n) is 16.7. The van der Waals surface area contributed by atoms with Crippen molar-refractivity contribution in [1.82, 2.24) is 44.9 Å². The third kappa shape index (κ3) is 28.6. The Morgan fingerprint density at radius 1 is 0.526 bits per heavy atom. The number of aliphatic hydroxyl groups excluding tert-OH is 1. The minimum absolute atomic E-state index is 0. The molecule has 0 aliphatic carbocycles. The van der Waals surface area contributed by atoms with Crippen LogP contribution < -0.4 is 15.1 Å². The van der Waals surface area contributed by atoms with Crippen LogP contribution in [-0.4, -0.2) is 124 Å². The molecular formula is C76H112N12O9. The highest BCUT2D eigenvalue weighted by Crippen LogP contribution is 2.31. The fourth-order valence-corrected chi connectivity index (χ4v) is 11.6. The summed E-state index contributed by atoms with van der Waals surface area (Å²) >= 11 is 0. The highest BCUT2D eigenvalue weighted by atomic mass is 16.5. The number of ether oxygens (including phenoxy) is 2. The molecule has 3 aliphatic rings. The second-order valence-electron chi connectivity index (χ2n) is 24.1. The van der Waals surface area contributed by atoms with Crippen LogP contribution >= 0.6 is 0 Å². The summed E-state index contributed by atoms with van der Waals surface area (Å²) in [6.45, 7) is 17.5. The lowest BCUT2D eigenvalue weighted by Crippen LogP contribution is -2.26. The number of carbonyl (C=O) groups excluding carboxylic acids is 4. The van der Waals surface area contributed by atoms with E-state index < -0.39 is 5.97 Å². The number of rotatable bonds is 31. The van der Waals surface area contributed by atoms with E-state index in [-0.39, 0.29) is 83.2 Å². The average molecular weight is 1340 g/mol. The summed E-state index contributed by atoms with van der Waals surface area (Å²) in [6, 6.07) is 12.7. The maximum atomic E-state index is 12.0. The first-order valence-corrected chi connectivity index (χ1v) is 33.9. The molecule has 3 N–H and O–H groups in total. The molecule has 3 atom stereocenters. The van der Waals surface area contributed by atoms with E-state index in [9.17, 15) is 29.1 Å². The Labute approximate surface area is 578 Å². The third-order valence-corrected chi connectivity index (χ3v) is 16.7. The largest absolute Gasteiger partial charge is 0.481 e. The van der Waals surface area contributed by atoms with Crippen LogP contribution in [0.15, 0.2) is 85.7 Å². The number of carboxylic acid groups (broad SMARTS) is 1. The van der Waals surface area contributed by atoms with Crippen molar-refractivity contribution in [3.8, 4) is 0 Å². The van der Waals surface area contributed by atoms with Crippen molar-refractivity contribution in [3.63, 3.8) is 0 Å². The number of carboxylic acids is 1. The summed E-state index contributed by atoms with van der Waals surface area (Å²) in [5, 5.41) is 20.1. The van der Waals surface area contributed by atoms with Gasteiger partial charge in [0.05, 0.1) is 32.5 Å². The van der Waals surface area contributed by atoms with Crippen molar-refractivity contribution in [3.05, 3.63) is 154 Å². The maximum absolute atomic E-state index is 12.0. The normalized spacial score (nSPS) is 13.1. The number of aliphatic hydroxyl groups is 1. The molecule has 3 aliphatic heterocycles. The quantitative estimate of drug-likeness (QED) is 0.0207. The van der Waals surface area contributed by atoms with Crippen LogP contribution in [0, 0.1) is 20.8 Å². The van der Waals surface area contributed by atoms with E-state index in [2.05, 4.69) is 88.8 Å². The smallest absolute Gasteiger partial charge is 0.306 e. The van der Waals surface area contributed by atoms with Crippen LogP contribution in [0.4, 0.5) is 17.5 Å². The van der Waals surface area contributed by atoms with Gasteiger partial charge >= 0.3 is 17.9 Å². The number of carbonyl (C=O) groups is 5. The number of nitrogens with one attached hydrogen (secondary N) is 1. The summed E-state index contributed by atoms with van der Waals surface area (Å²) in [5.74, 6) is 3.83. The molecule has 0 saturated heterocycles. The molecule has 0 spiro atoms. The highest BCUT2D eigenvalue weighted by molar-refractivity contribution is 5.93. The van der Waals surface area contributed by atoms with Gasteiger partial charge in [-0.3, -0.25) is 33.8 Å². The van der Waals surface area contributed by atoms with Gasteiger partial charge in [-0.2, -0.15) is 0 Å². The van der Waals surface area contributed by atoms with Crippen molar-refractivity contribution in [1.29, 1.82) is 0 Å². The van der Waals surface area contributed by atoms with Gasteiger partial charge in [0.15, 0.2) is 0 Å². The standard InChI is InChI=1S/C25H34N4O3.C25H32N4O3.C21H28N4O2.C2H6O.3CH4/c2*1-4-32-24(31)15-21(22-16-26-18(2)27-17-22)9-7-5-6-8-10-23-12-11-20-13-14-29(19(3)30)25(20)28-23;1-15-23-13-18(14-24-15)17(12-20(26)27)6-4-2-3-5-7-19-9-8-16-10-11-22-21(16)25-19;1-2-3;;;/h11-12,16-17,21H,4-10,13-15H2,1-3H3;7,9,11-12,16-17,21H,4-6,8,10,13-15H2,1-3H3;8-9,13-14,17H,2-7,10-12H2,1H3,(H,22,25)(H,26,27);3H,2H2,1H3;3*1H4/b;9-7+;;;;;. The number of esters is 2. The van der Waals surface area contributed by atoms with Crippen molar-refractivity contribution < 1.29 is 43.7 Å². The molecule has 21 nitrogen and oxygen atoms in total. The topological polar surface area (TPSA) is 279 Å². The first kappa shape index (κ1) is 82.8. The van der Waals surface area contributed by atoms with Gasteiger partial charge in [0, 0.05) is 100 Å². The second kappa shape index (κ2) is 45.1. The molecule has 530 valence electrons. The van der Waals surface area contributed by atoms with Crippen molar-refractivity contribution in [2.75, 3.05) is 54.6 Å². The molecule has 2 amide bonds. The number of pyridine rings is 3. The molecule has 9 heterocycles. The Balaban J connectivity index is 0.000000367. The number of unbranched alkanes of at least 4 members (excludes halogenated alkanes) is 8. The van der Waals surface area contributed by atoms with E-state index in [1.54, 1.807) is 55.4 Å². The van der Waals surface area contributed by atoms with E-state index in [0.29, 0.717) is 31.3 Å². The van der Waals surface area contributed by atoms with E-state index in [1.807, 2.05) is 47.0 Å². The first-order valence-electron chi connectivity index (χ1n) is 33.9. The van der Waals surface area contributed by atoms with Crippen molar-refractivity contribution >= 4 is 47.2 Å². The number of allylic oxidation sites excluding steroid dienone is 2. The average Bonchev–Trinajstić information content (AvgIpc) is 1.69. The Morgan fingerprint density at radius 2 is 0.928 bits per heavy atom. The molecular weight excluding hydrogens is 1220 g/mol. The summed E-state index contributed by atoms with van der Waals surface area (Å²) in [7, 11) is 0. The number of aromatic nitrogens is 9. The molecule has 21 heteroatoms. The minimum Gasteiger partial charge on any atom is -0.481 e. The fraction of sp³-hybridized carbons (Fsp3) is 0.553. The van der Waals surface area contributed by atoms with Gasteiger partial charge in [0.2, 0.25) is 11.8 Å². The lowest BCUT2D eigenvalue weighted by atomic mass is 9.92. The van der Waals surface area contributed by atoms with Crippen LogP contribution in [0.3, 0.4) is 0 Å². The highest BCUT2D eigenvalue weighted by Gasteiger charge is 2.26.